The van der Waals surface area contributed by atoms with Crippen LogP contribution in [0.15, 0.2) is 146 Å². The van der Waals surface area contributed by atoms with Gasteiger partial charge < -0.3 is 4.57 Å². The molecule has 8 aromatic rings. The molecule has 0 aliphatic heterocycles. The van der Waals surface area contributed by atoms with Crippen LogP contribution in [0.2, 0.25) is 0 Å². The number of hydrogen-bond acceptors (Lipinski definition) is 2. The van der Waals surface area contributed by atoms with E-state index in [1.807, 2.05) is 35.0 Å². The maximum absolute atomic E-state index is 5.12. The number of nitrogens with zero attached hydrogens (tertiary/aromatic N) is 4. The molecule has 0 aliphatic carbocycles. The highest BCUT2D eigenvalue weighted by Crippen LogP contribution is 2.34. The highest BCUT2D eigenvalue weighted by Gasteiger charge is 2.16. The molecular weight excluding hydrogens is 488 g/mol. The first-order valence-corrected chi connectivity index (χ1v) is 13.4. The summed E-state index contributed by atoms with van der Waals surface area (Å²) in [5.41, 5.74) is 10.6. The number of rotatable bonds is 4. The normalized spacial score (nSPS) is 11.5. The minimum atomic E-state index is 0.838. The van der Waals surface area contributed by atoms with Crippen LogP contribution in [0.1, 0.15) is 0 Å². The minimum absolute atomic E-state index is 0.838. The second-order valence-electron chi connectivity index (χ2n) is 9.97. The van der Waals surface area contributed by atoms with Crippen molar-refractivity contribution >= 4 is 27.5 Å². The molecule has 0 spiro atoms. The standard InChI is InChI=1S/C36H24N4/c1-3-11-26(12-4-1)32-23-35(27-13-5-2-6-14-27)40-36(38-32)31(24-37-40)25-19-21-28(22-20-25)39-33-17-9-7-15-29(33)30-16-8-10-18-34(30)39/h1-24H. The van der Waals surface area contributed by atoms with Gasteiger partial charge in [0.15, 0.2) is 5.65 Å². The first-order chi connectivity index (χ1) is 19.8. The van der Waals surface area contributed by atoms with E-state index in [-0.39, 0.29) is 0 Å². The monoisotopic (exact) mass is 512 g/mol. The third kappa shape index (κ3) is 3.54. The van der Waals surface area contributed by atoms with E-state index < -0.39 is 0 Å². The number of para-hydroxylation sites is 2. The number of benzene rings is 5. The molecule has 40 heavy (non-hydrogen) atoms. The molecule has 4 heteroatoms. The molecule has 0 radical (unpaired) electrons. The van der Waals surface area contributed by atoms with Gasteiger partial charge in [0, 0.05) is 33.2 Å². The summed E-state index contributed by atoms with van der Waals surface area (Å²) in [6.07, 6.45) is 1.93. The summed E-state index contributed by atoms with van der Waals surface area (Å²) in [6, 6.07) is 48.8. The largest absolute Gasteiger partial charge is 0.309 e. The van der Waals surface area contributed by atoms with Crippen molar-refractivity contribution in [3.05, 3.63) is 146 Å². The fourth-order valence-corrected chi connectivity index (χ4v) is 5.73. The van der Waals surface area contributed by atoms with Crippen molar-refractivity contribution in [2.45, 2.75) is 0 Å². The lowest BCUT2D eigenvalue weighted by molar-refractivity contribution is 0.949. The fraction of sp³-hybridized carbons (Fsp3) is 0. The zero-order valence-corrected chi connectivity index (χ0v) is 21.6. The van der Waals surface area contributed by atoms with Gasteiger partial charge in [-0.05, 0) is 35.9 Å². The van der Waals surface area contributed by atoms with Gasteiger partial charge >= 0.3 is 0 Å². The van der Waals surface area contributed by atoms with Crippen molar-refractivity contribution in [1.29, 1.82) is 0 Å². The van der Waals surface area contributed by atoms with Crippen LogP contribution in [0, 0.1) is 0 Å². The van der Waals surface area contributed by atoms with Gasteiger partial charge in [-0.15, -0.1) is 0 Å². The minimum Gasteiger partial charge on any atom is -0.309 e. The van der Waals surface area contributed by atoms with Crippen LogP contribution in [-0.2, 0) is 0 Å². The molecule has 0 N–H and O–H groups in total. The average molecular weight is 513 g/mol. The van der Waals surface area contributed by atoms with Gasteiger partial charge in [-0.25, -0.2) is 9.50 Å². The van der Waals surface area contributed by atoms with Crippen LogP contribution in [0.25, 0.3) is 66.8 Å². The van der Waals surface area contributed by atoms with Crippen LogP contribution in [0.4, 0.5) is 0 Å². The van der Waals surface area contributed by atoms with Crippen molar-refractivity contribution in [2.24, 2.45) is 0 Å². The van der Waals surface area contributed by atoms with Crippen LogP contribution < -0.4 is 0 Å². The molecule has 0 atom stereocenters. The summed E-state index contributed by atoms with van der Waals surface area (Å²) in [5, 5.41) is 7.33. The highest BCUT2D eigenvalue weighted by molar-refractivity contribution is 6.09. The zero-order valence-electron chi connectivity index (χ0n) is 21.6. The second-order valence-corrected chi connectivity index (χ2v) is 9.97. The van der Waals surface area contributed by atoms with E-state index in [9.17, 15) is 0 Å². The van der Waals surface area contributed by atoms with Crippen molar-refractivity contribution in [1.82, 2.24) is 19.2 Å². The Morgan fingerprint density at radius 3 is 1.73 bits per heavy atom. The quantitative estimate of drug-likeness (QED) is 0.236. The summed E-state index contributed by atoms with van der Waals surface area (Å²) in [5.74, 6) is 0. The van der Waals surface area contributed by atoms with Crippen LogP contribution in [0.3, 0.4) is 0 Å². The van der Waals surface area contributed by atoms with Gasteiger partial charge in [0.05, 0.1) is 28.6 Å². The van der Waals surface area contributed by atoms with Crippen LogP contribution in [-0.4, -0.2) is 19.2 Å². The molecule has 3 heterocycles. The SMILES string of the molecule is c1ccc(-c2cc(-c3ccccc3)n3ncc(-c4ccc(-n5c6ccccc6c6ccccc65)cc4)c3n2)cc1. The molecule has 8 rings (SSSR count). The third-order valence-electron chi connectivity index (χ3n) is 7.63. The van der Waals surface area contributed by atoms with E-state index in [4.69, 9.17) is 10.1 Å². The lowest BCUT2D eigenvalue weighted by Crippen LogP contribution is -1.99. The molecule has 0 saturated carbocycles. The van der Waals surface area contributed by atoms with E-state index in [0.29, 0.717) is 0 Å². The molecule has 4 nitrogen and oxygen atoms in total. The summed E-state index contributed by atoms with van der Waals surface area (Å²) >= 11 is 0. The van der Waals surface area contributed by atoms with Crippen molar-refractivity contribution in [3.63, 3.8) is 0 Å². The summed E-state index contributed by atoms with van der Waals surface area (Å²) in [7, 11) is 0. The Morgan fingerprint density at radius 2 is 1.07 bits per heavy atom. The Labute approximate surface area is 231 Å². The fourth-order valence-electron chi connectivity index (χ4n) is 5.73. The Hall–Kier alpha value is -5.48. The first kappa shape index (κ1) is 22.5. The number of hydrogen-bond donors (Lipinski definition) is 0. The Balaban J connectivity index is 1.30. The Morgan fingerprint density at radius 1 is 0.500 bits per heavy atom. The molecule has 0 bridgehead atoms. The van der Waals surface area contributed by atoms with E-state index >= 15 is 0 Å². The van der Waals surface area contributed by atoms with Gasteiger partial charge in [0.1, 0.15) is 0 Å². The van der Waals surface area contributed by atoms with Gasteiger partial charge in [0.2, 0.25) is 0 Å². The lowest BCUT2D eigenvalue weighted by Gasteiger charge is -2.11. The third-order valence-corrected chi connectivity index (χ3v) is 7.63. The molecule has 3 aromatic heterocycles. The maximum Gasteiger partial charge on any atom is 0.164 e. The predicted molar refractivity (Wildman–Crippen MR) is 164 cm³/mol. The van der Waals surface area contributed by atoms with Gasteiger partial charge in [-0.1, -0.05) is 109 Å². The average Bonchev–Trinajstić information content (AvgIpc) is 3.61. The number of aromatic nitrogens is 4. The molecule has 0 unspecified atom stereocenters. The highest BCUT2D eigenvalue weighted by atomic mass is 15.3. The molecule has 0 aliphatic rings. The molecule has 0 amide bonds. The van der Waals surface area contributed by atoms with Crippen LogP contribution in [0.5, 0.6) is 0 Å². The Kier molecular flexibility index (Phi) is 5.10. The van der Waals surface area contributed by atoms with Gasteiger partial charge in [-0.3, -0.25) is 0 Å². The topological polar surface area (TPSA) is 35.1 Å². The smallest absolute Gasteiger partial charge is 0.164 e. The maximum atomic E-state index is 5.12. The van der Waals surface area contributed by atoms with E-state index in [0.717, 1.165) is 45.0 Å². The molecule has 0 saturated heterocycles. The molecular formula is C36H24N4. The summed E-state index contributed by atoms with van der Waals surface area (Å²) < 4.78 is 4.29. The summed E-state index contributed by atoms with van der Waals surface area (Å²) in [4.78, 5) is 5.12. The number of fused-ring (bicyclic) bond motifs is 4. The zero-order chi connectivity index (χ0) is 26.5. The van der Waals surface area contributed by atoms with Crippen molar-refractivity contribution in [2.75, 3.05) is 0 Å². The van der Waals surface area contributed by atoms with Crippen molar-refractivity contribution in [3.8, 4) is 39.3 Å². The van der Waals surface area contributed by atoms with Gasteiger partial charge in [-0.2, -0.15) is 5.10 Å². The van der Waals surface area contributed by atoms with Gasteiger partial charge in [0.25, 0.3) is 0 Å². The molecule has 5 aromatic carbocycles. The van der Waals surface area contributed by atoms with E-state index in [1.165, 1.54) is 21.8 Å². The second kappa shape index (κ2) is 9.07. The van der Waals surface area contributed by atoms with E-state index in [2.05, 4.69) is 120 Å². The molecule has 0 fully saturated rings. The predicted octanol–water partition coefficient (Wildman–Crippen LogP) is 8.83. The Bertz CT molecular complexity index is 2080. The molecule has 188 valence electrons. The summed E-state index contributed by atoms with van der Waals surface area (Å²) in [6.45, 7) is 0. The van der Waals surface area contributed by atoms with Crippen molar-refractivity contribution < 1.29 is 0 Å². The lowest BCUT2D eigenvalue weighted by atomic mass is 10.1. The first-order valence-electron chi connectivity index (χ1n) is 13.4. The van der Waals surface area contributed by atoms with E-state index in [1.54, 1.807) is 0 Å². The van der Waals surface area contributed by atoms with Crippen LogP contribution >= 0.6 is 0 Å².